The van der Waals surface area contributed by atoms with Crippen molar-refractivity contribution in [3.63, 3.8) is 0 Å². The smallest absolute Gasteiger partial charge is 0.339 e. The van der Waals surface area contributed by atoms with Gasteiger partial charge in [-0.25, -0.2) is 0 Å². The van der Waals surface area contributed by atoms with E-state index in [0.717, 1.165) is 27.4 Å². The zero-order chi connectivity index (χ0) is 31.4. The van der Waals surface area contributed by atoms with Gasteiger partial charge < -0.3 is 19.0 Å². The molecule has 1 aliphatic rings. The molecule has 1 fully saturated rings. The molecule has 3 amide bonds. The number of halogens is 1. The molecular weight excluding hydrogens is 628 g/mol. The number of carbonyl (C=O) groups is 3. The van der Waals surface area contributed by atoms with Crippen molar-refractivity contribution >= 4 is 73.1 Å². The first-order chi connectivity index (χ1) is 21.1. The van der Waals surface area contributed by atoms with Gasteiger partial charge in [0.15, 0.2) is 5.75 Å². The van der Waals surface area contributed by atoms with E-state index in [1.165, 1.54) is 56.5 Å². The molecule has 4 aromatic rings. The minimum atomic E-state index is -4.33. The SMILES string of the molecule is COc1cc(/C=C2\SC(=O)N(CCOc3cccc4ccccc34)C2=O)cc(Cl)c1OS(=O)(=O)c1ccc(NC(C)=O)cc1. The maximum atomic E-state index is 13.1. The standard InChI is InChI=1S/C31H25ClN2O8S2/c1-19(35)33-22-10-12-23(13-11-22)44(38,39)42-29-25(32)16-20(17-27(29)40-2)18-28-30(36)34(31(37)43-28)14-15-41-26-9-5-7-21-6-3-4-8-24(21)26/h3-13,16-18H,14-15H2,1-2H3,(H,33,35)/b28-18-. The number of amides is 3. The lowest BCUT2D eigenvalue weighted by Crippen LogP contribution is -2.32. The Labute approximate surface area is 262 Å². The van der Waals surface area contributed by atoms with Crippen molar-refractivity contribution in [2.24, 2.45) is 0 Å². The Morgan fingerprint density at radius 3 is 2.45 bits per heavy atom. The number of hydrogen-bond donors (Lipinski definition) is 1. The predicted molar refractivity (Wildman–Crippen MR) is 169 cm³/mol. The molecule has 4 aromatic carbocycles. The number of imide groups is 1. The van der Waals surface area contributed by atoms with Crippen LogP contribution in [0.15, 0.2) is 88.7 Å². The molecule has 226 valence electrons. The molecule has 1 saturated heterocycles. The fraction of sp³-hybridized carbons (Fsp3) is 0.129. The van der Waals surface area contributed by atoms with E-state index in [4.69, 9.17) is 25.3 Å². The Kier molecular flexibility index (Phi) is 9.14. The molecule has 44 heavy (non-hydrogen) atoms. The normalized spacial score (nSPS) is 14.2. The molecule has 0 unspecified atom stereocenters. The first kappa shape index (κ1) is 30.9. The van der Waals surface area contributed by atoms with Gasteiger partial charge >= 0.3 is 10.1 Å². The van der Waals surface area contributed by atoms with Crippen molar-refractivity contribution in [2.45, 2.75) is 11.8 Å². The highest BCUT2D eigenvalue weighted by atomic mass is 35.5. The second-order valence-electron chi connectivity index (χ2n) is 9.44. The molecule has 1 N–H and O–H groups in total. The summed E-state index contributed by atoms with van der Waals surface area (Å²) in [4.78, 5) is 38.0. The molecule has 0 aromatic heterocycles. The van der Waals surface area contributed by atoms with Crippen LogP contribution in [0.1, 0.15) is 12.5 Å². The molecule has 0 saturated carbocycles. The molecule has 13 heteroatoms. The van der Waals surface area contributed by atoms with E-state index in [2.05, 4.69) is 5.32 Å². The lowest BCUT2D eigenvalue weighted by molar-refractivity contribution is -0.123. The predicted octanol–water partition coefficient (Wildman–Crippen LogP) is 6.34. The minimum absolute atomic E-state index is 0.00934. The third-order valence-corrected chi connectivity index (χ3v) is 8.83. The number of carbonyl (C=O) groups excluding carboxylic acids is 3. The second kappa shape index (κ2) is 13.0. The molecule has 1 heterocycles. The molecule has 10 nitrogen and oxygen atoms in total. The highest BCUT2D eigenvalue weighted by Gasteiger charge is 2.35. The highest BCUT2D eigenvalue weighted by Crippen LogP contribution is 2.40. The van der Waals surface area contributed by atoms with Gasteiger partial charge in [0.25, 0.3) is 11.1 Å². The summed E-state index contributed by atoms with van der Waals surface area (Å²) in [7, 11) is -3.02. The Balaban J connectivity index is 1.29. The van der Waals surface area contributed by atoms with Crippen molar-refractivity contribution in [1.82, 2.24) is 4.90 Å². The third-order valence-electron chi connectivity index (χ3n) is 6.40. The Morgan fingerprint density at radius 2 is 1.73 bits per heavy atom. The molecule has 0 radical (unpaired) electrons. The molecule has 0 atom stereocenters. The van der Waals surface area contributed by atoms with Gasteiger partial charge in [-0.05, 0) is 71.3 Å². The summed E-state index contributed by atoms with van der Waals surface area (Å²) in [6, 6.07) is 21.6. The van der Waals surface area contributed by atoms with Crippen LogP contribution in [0.25, 0.3) is 16.8 Å². The maximum Gasteiger partial charge on any atom is 0.339 e. The van der Waals surface area contributed by atoms with Crippen molar-refractivity contribution in [3.05, 3.63) is 94.4 Å². The van der Waals surface area contributed by atoms with Crippen LogP contribution in [0.3, 0.4) is 0 Å². The van der Waals surface area contributed by atoms with E-state index in [0.29, 0.717) is 17.0 Å². The van der Waals surface area contributed by atoms with E-state index in [1.54, 1.807) is 0 Å². The highest BCUT2D eigenvalue weighted by molar-refractivity contribution is 8.18. The van der Waals surface area contributed by atoms with Crippen LogP contribution in [0.2, 0.25) is 5.02 Å². The van der Waals surface area contributed by atoms with Crippen molar-refractivity contribution in [2.75, 3.05) is 25.6 Å². The van der Waals surface area contributed by atoms with Crippen LogP contribution in [0.4, 0.5) is 10.5 Å². The van der Waals surface area contributed by atoms with E-state index >= 15 is 0 Å². The number of nitrogens with zero attached hydrogens (tertiary/aromatic N) is 1. The van der Waals surface area contributed by atoms with Crippen LogP contribution in [-0.2, 0) is 19.7 Å². The van der Waals surface area contributed by atoms with Crippen molar-refractivity contribution in [3.8, 4) is 17.2 Å². The number of ether oxygens (including phenoxy) is 2. The number of thioether (sulfide) groups is 1. The van der Waals surface area contributed by atoms with Gasteiger partial charge in [0, 0.05) is 18.0 Å². The summed E-state index contributed by atoms with van der Waals surface area (Å²) < 4.78 is 42.4. The first-order valence-electron chi connectivity index (χ1n) is 13.1. The van der Waals surface area contributed by atoms with E-state index in [9.17, 15) is 22.8 Å². The van der Waals surface area contributed by atoms with Gasteiger partial charge in [-0.15, -0.1) is 0 Å². The van der Waals surface area contributed by atoms with Gasteiger partial charge in [0.05, 0.1) is 23.6 Å². The first-order valence-corrected chi connectivity index (χ1v) is 15.7. The zero-order valence-corrected chi connectivity index (χ0v) is 25.8. The lowest BCUT2D eigenvalue weighted by Gasteiger charge is -2.14. The quantitative estimate of drug-likeness (QED) is 0.154. The zero-order valence-electron chi connectivity index (χ0n) is 23.4. The number of methoxy groups -OCH3 is 1. The summed E-state index contributed by atoms with van der Waals surface area (Å²) in [6.07, 6.45) is 1.46. The Morgan fingerprint density at radius 1 is 1.00 bits per heavy atom. The lowest BCUT2D eigenvalue weighted by atomic mass is 10.1. The summed E-state index contributed by atoms with van der Waals surface area (Å²) in [5.41, 5.74) is 0.798. The number of benzene rings is 4. The molecule has 0 bridgehead atoms. The monoisotopic (exact) mass is 652 g/mol. The van der Waals surface area contributed by atoms with Gasteiger partial charge in [-0.2, -0.15) is 8.42 Å². The average Bonchev–Trinajstić information content (AvgIpc) is 3.25. The minimum Gasteiger partial charge on any atom is -0.493 e. The fourth-order valence-corrected chi connectivity index (χ4v) is 6.51. The van der Waals surface area contributed by atoms with Crippen LogP contribution >= 0.6 is 23.4 Å². The maximum absolute atomic E-state index is 13.1. The molecule has 1 aliphatic heterocycles. The summed E-state index contributed by atoms with van der Waals surface area (Å²) in [5, 5.41) is 3.94. The van der Waals surface area contributed by atoms with Crippen molar-refractivity contribution < 1.29 is 36.5 Å². The topological polar surface area (TPSA) is 128 Å². The largest absolute Gasteiger partial charge is 0.493 e. The average molecular weight is 653 g/mol. The number of rotatable bonds is 10. The fourth-order valence-electron chi connectivity index (χ4n) is 4.38. The number of fused-ring (bicyclic) bond motifs is 1. The van der Waals surface area contributed by atoms with Crippen molar-refractivity contribution in [1.29, 1.82) is 0 Å². The van der Waals surface area contributed by atoms with Crippen LogP contribution < -0.4 is 19.0 Å². The number of nitrogens with one attached hydrogen (secondary N) is 1. The van der Waals surface area contributed by atoms with Crippen LogP contribution in [0, 0.1) is 0 Å². The van der Waals surface area contributed by atoms with Gasteiger partial charge in [-0.1, -0.05) is 48.0 Å². The van der Waals surface area contributed by atoms with Gasteiger partial charge in [0.1, 0.15) is 17.3 Å². The number of anilines is 1. The summed E-state index contributed by atoms with van der Waals surface area (Å²) in [6.45, 7) is 1.49. The van der Waals surface area contributed by atoms with Gasteiger partial charge in [0.2, 0.25) is 11.7 Å². The van der Waals surface area contributed by atoms with E-state index < -0.39 is 21.3 Å². The Bertz CT molecular complexity index is 1900. The summed E-state index contributed by atoms with van der Waals surface area (Å²) >= 11 is 7.17. The Hall–Kier alpha value is -4.52. The molecular formula is C31H25ClN2O8S2. The second-order valence-corrected chi connectivity index (χ2v) is 12.4. The van der Waals surface area contributed by atoms with Crippen LogP contribution in [0.5, 0.6) is 17.2 Å². The van der Waals surface area contributed by atoms with E-state index in [-0.39, 0.29) is 45.4 Å². The number of hydrogen-bond acceptors (Lipinski definition) is 9. The molecule has 0 aliphatic carbocycles. The van der Waals surface area contributed by atoms with Crippen LogP contribution in [-0.4, -0.2) is 50.6 Å². The third kappa shape index (κ3) is 6.83. The molecule has 5 rings (SSSR count). The summed E-state index contributed by atoms with van der Waals surface area (Å²) in [5.74, 6) is -0.411. The van der Waals surface area contributed by atoms with E-state index in [1.807, 2.05) is 42.5 Å². The van der Waals surface area contributed by atoms with Gasteiger partial charge in [-0.3, -0.25) is 19.3 Å². The molecule has 0 spiro atoms.